The van der Waals surface area contributed by atoms with Gasteiger partial charge in [0.1, 0.15) is 18.1 Å². The van der Waals surface area contributed by atoms with Gasteiger partial charge in [-0.1, -0.05) is 36.4 Å². The number of ether oxygens (including phenoxy) is 3. The normalized spacial score (nSPS) is 10.4. The molecule has 8 heteroatoms. The predicted octanol–water partition coefficient (Wildman–Crippen LogP) is 4.78. The molecule has 0 aliphatic heterocycles. The Morgan fingerprint density at radius 3 is 2.19 bits per heavy atom. The van der Waals surface area contributed by atoms with Crippen LogP contribution in [-0.4, -0.2) is 30.0 Å². The van der Waals surface area contributed by atoms with Crippen molar-refractivity contribution in [3.63, 3.8) is 0 Å². The van der Waals surface area contributed by atoms with Gasteiger partial charge in [0.05, 0.1) is 13.7 Å². The lowest BCUT2D eigenvalue weighted by molar-refractivity contribution is 0.162. The summed E-state index contributed by atoms with van der Waals surface area (Å²) in [5, 5.41) is 0. The summed E-state index contributed by atoms with van der Waals surface area (Å²) in [7, 11) is 1.66. The van der Waals surface area contributed by atoms with Crippen LogP contribution in [-0.2, 0) is 17.9 Å². The number of nitrogens with one attached hydrogen (secondary N) is 1. The van der Waals surface area contributed by atoms with Gasteiger partial charge in [-0.25, -0.2) is 14.6 Å². The molecule has 0 atom stereocenters. The summed E-state index contributed by atoms with van der Waals surface area (Å²) in [6.45, 7) is 8.32. The maximum Gasteiger partial charge on any atom is 0.440 e. The van der Waals surface area contributed by atoms with Gasteiger partial charge in [0.15, 0.2) is 0 Å². The van der Waals surface area contributed by atoms with Gasteiger partial charge in [-0.2, -0.15) is 0 Å². The first-order chi connectivity index (χ1) is 17.4. The molecule has 0 bridgehead atoms. The van der Waals surface area contributed by atoms with Crippen molar-refractivity contribution in [2.75, 3.05) is 20.3 Å². The van der Waals surface area contributed by atoms with Gasteiger partial charge in [-0.15, -0.1) is 4.74 Å². The van der Waals surface area contributed by atoms with Crippen LogP contribution in [0.15, 0.2) is 80.8 Å². The SMILES string of the molecule is CCOCC.COc1ccc(-c2cccc(COc3ccc(Cn4oc(=O)[nH]c4=O)cc3)c2)c(C)c1. The minimum atomic E-state index is -0.767. The van der Waals surface area contributed by atoms with E-state index in [1.165, 1.54) is 0 Å². The Labute approximate surface area is 210 Å². The minimum Gasteiger partial charge on any atom is -0.497 e. The number of aromatic amines is 1. The zero-order valence-electron chi connectivity index (χ0n) is 21.1. The Morgan fingerprint density at radius 1 is 0.889 bits per heavy atom. The molecule has 0 radical (unpaired) electrons. The highest BCUT2D eigenvalue weighted by Crippen LogP contribution is 2.27. The number of benzene rings is 3. The molecule has 3 aromatic carbocycles. The van der Waals surface area contributed by atoms with Crippen molar-refractivity contribution < 1.29 is 18.7 Å². The van der Waals surface area contributed by atoms with Crippen LogP contribution in [0.4, 0.5) is 0 Å². The second-order valence-electron chi connectivity index (χ2n) is 7.94. The number of hydrogen-bond donors (Lipinski definition) is 1. The summed E-state index contributed by atoms with van der Waals surface area (Å²) < 4.78 is 21.8. The van der Waals surface area contributed by atoms with Gasteiger partial charge in [0, 0.05) is 13.2 Å². The van der Waals surface area contributed by atoms with E-state index in [4.69, 9.17) is 18.7 Å². The van der Waals surface area contributed by atoms with E-state index < -0.39 is 11.4 Å². The molecule has 0 aliphatic carbocycles. The lowest BCUT2D eigenvalue weighted by atomic mass is 9.99. The molecular formula is C28H32N2O6. The molecule has 0 fully saturated rings. The second-order valence-corrected chi connectivity index (χ2v) is 7.94. The molecular weight excluding hydrogens is 460 g/mol. The van der Waals surface area contributed by atoms with E-state index in [1.807, 2.05) is 62.4 Å². The Bertz CT molecular complexity index is 1350. The smallest absolute Gasteiger partial charge is 0.440 e. The molecule has 0 unspecified atom stereocenters. The van der Waals surface area contributed by atoms with Crippen LogP contribution in [0.2, 0.25) is 0 Å². The average Bonchev–Trinajstić information content (AvgIpc) is 3.20. The third kappa shape index (κ3) is 7.48. The second kappa shape index (κ2) is 13.2. The summed E-state index contributed by atoms with van der Waals surface area (Å²) >= 11 is 0. The molecule has 0 amide bonds. The van der Waals surface area contributed by atoms with Crippen LogP contribution in [0.5, 0.6) is 11.5 Å². The van der Waals surface area contributed by atoms with E-state index in [0.717, 1.165) is 51.5 Å². The fourth-order valence-corrected chi connectivity index (χ4v) is 3.56. The molecule has 0 saturated heterocycles. The largest absolute Gasteiger partial charge is 0.497 e. The van der Waals surface area contributed by atoms with Crippen LogP contribution >= 0.6 is 0 Å². The van der Waals surface area contributed by atoms with Gasteiger partial charge in [0.25, 0.3) is 0 Å². The first kappa shape index (κ1) is 26.6. The maximum absolute atomic E-state index is 11.5. The number of H-pyrrole nitrogens is 1. The van der Waals surface area contributed by atoms with E-state index >= 15 is 0 Å². The van der Waals surface area contributed by atoms with Crippen LogP contribution in [0.1, 0.15) is 30.5 Å². The molecule has 0 saturated carbocycles. The third-order valence-electron chi connectivity index (χ3n) is 5.36. The molecule has 36 heavy (non-hydrogen) atoms. The van der Waals surface area contributed by atoms with Crippen LogP contribution in [0, 0.1) is 6.92 Å². The number of methoxy groups -OCH3 is 1. The van der Waals surface area contributed by atoms with Crippen molar-refractivity contribution in [3.05, 3.63) is 104 Å². The summed E-state index contributed by atoms with van der Waals surface area (Å²) in [6, 6.07) is 21.6. The van der Waals surface area contributed by atoms with E-state index in [2.05, 4.69) is 30.1 Å². The molecule has 190 valence electrons. The molecule has 1 heterocycles. The molecule has 1 N–H and O–H groups in total. The number of aryl methyl sites for hydroxylation is 1. The van der Waals surface area contributed by atoms with Crippen LogP contribution < -0.4 is 20.9 Å². The quantitative estimate of drug-likeness (QED) is 0.361. The zero-order valence-corrected chi connectivity index (χ0v) is 21.1. The first-order valence-corrected chi connectivity index (χ1v) is 11.8. The topological polar surface area (TPSA) is 95.7 Å². The van der Waals surface area contributed by atoms with Gasteiger partial charge >= 0.3 is 11.4 Å². The van der Waals surface area contributed by atoms with Gasteiger partial charge in [-0.3, -0.25) is 0 Å². The lowest BCUT2D eigenvalue weighted by Gasteiger charge is -2.11. The van der Waals surface area contributed by atoms with Gasteiger partial charge in [0.2, 0.25) is 0 Å². The molecule has 8 nitrogen and oxygen atoms in total. The predicted molar refractivity (Wildman–Crippen MR) is 139 cm³/mol. The van der Waals surface area contributed by atoms with Crippen LogP contribution in [0.3, 0.4) is 0 Å². The molecule has 0 spiro atoms. The fraction of sp³-hybridized carbons (Fsp3) is 0.286. The summed E-state index contributed by atoms with van der Waals surface area (Å²) in [6.07, 6.45) is 0. The van der Waals surface area contributed by atoms with Gasteiger partial charge < -0.3 is 18.7 Å². The van der Waals surface area contributed by atoms with E-state index in [1.54, 1.807) is 7.11 Å². The van der Waals surface area contributed by atoms with Crippen molar-refractivity contribution in [2.24, 2.45) is 0 Å². The standard InChI is InChI=1S/C24H22N2O5.C4H10O/c1-16-12-21(29-2)10-11-22(16)19-5-3-4-18(13-19)15-30-20-8-6-17(7-9-20)14-26-23(27)25-24(28)31-26;1-3-5-4-2/h3-13H,14-15H2,1-2H3,(H,25,27,28);3-4H2,1-2H3. The highest BCUT2D eigenvalue weighted by atomic mass is 16.5. The Hall–Kier alpha value is -4.04. The van der Waals surface area contributed by atoms with Gasteiger partial charge in [-0.05, 0) is 78.9 Å². The monoisotopic (exact) mass is 492 g/mol. The van der Waals surface area contributed by atoms with Crippen molar-refractivity contribution in [2.45, 2.75) is 33.9 Å². The Kier molecular flexibility index (Phi) is 9.71. The average molecular weight is 493 g/mol. The molecule has 4 aromatic rings. The zero-order chi connectivity index (χ0) is 25.9. The van der Waals surface area contributed by atoms with E-state index in [9.17, 15) is 9.59 Å². The number of hydrogen-bond acceptors (Lipinski definition) is 6. The number of aromatic nitrogens is 2. The summed E-state index contributed by atoms with van der Waals surface area (Å²) in [5.41, 5.74) is 4.71. The number of rotatable bonds is 9. The van der Waals surface area contributed by atoms with Crippen molar-refractivity contribution in [1.29, 1.82) is 0 Å². The molecule has 0 aliphatic rings. The Balaban J connectivity index is 0.000000658. The Morgan fingerprint density at radius 2 is 1.61 bits per heavy atom. The maximum atomic E-state index is 11.5. The first-order valence-electron chi connectivity index (χ1n) is 11.8. The minimum absolute atomic E-state index is 0.168. The highest BCUT2D eigenvalue weighted by molar-refractivity contribution is 5.68. The summed E-state index contributed by atoms with van der Waals surface area (Å²) in [5.74, 6) is 0.780. The van der Waals surface area contributed by atoms with E-state index in [-0.39, 0.29) is 6.54 Å². The van der Waals surface area contributed by atoms with Crippen molar-refractivity contribution in [3.8, 4) is 22.6 Å². The fourth-order valence-electron chi connectivity index (χ4n) is 3.56. The molecule has 1 aromatic heterocycles. The van der Waals surface area contributed by atoms with Crippen LogP contribution in [0.25, 0.3) is 11.1 Å². The van der Waals surface area contributed by atoms with Crippen molar-refractivity contribution >= 4 is 0 Å². The van der Waals surface area contributed by atoms with E-state index in [0.29, 0.717) is 12.4 Å². The third-order valence-corrected chi connectivity index (χ3v) is 5.36. The lowest BCUT2D eigenvalue weighted by Crippen LogP contribution is -2.17. The van der Waals surface area contributed by atoms with Crippen molar-refractivity contribution in [1.82, 2.24) is 9.72 Å². The number of nitrogens with zero attached hydrogens (tertiary/aromatic N) is 1. The highest BCUT2D eigenvalue weighted by Gasteiger charge is 2.06. The summed E-state index contributed by atoms with van der Waals surface area (Å²) in [4.78, 5) is 24.7. The molecule has 4 rings (SSSR count).